The van der Waals surface area contributed by atoms with Crippen molar-refractivity contribution in [2.45, 2.75) is 25.7 Å². The van der Waals surface area contributed by atoms with Gasteiger partial charge in [0, 0.05) is 45.6 Å². The van der Waals surface area contributed by atoms with Gasteiger partial charge in [-0.25, -0.2) is 5.32 Å². The third-order valence-electron chi connectivity index (χ3n) is 3.39. The van der Waals surface area contributed by atoms with E-state index in [4.69, 9.17) is 0 Å². The lowest BCUT2D eigenvalue weighted by Crippen LogP contribution is -2.44. The van der Waals surface area contributed by atoms with E-state index in [1.807, 2.05) is 0 Å². The summed E-state index contributed by atoms with van der Waals surface area (Å²) in [5, 5.41) is 4.29. The van der Waals surface area contributed by atoms with Gasteiger partial charge in [0.25, 0.3) is 0 Å². The molecule has 2 heterocycles. The molecule has 0 aromatic carbocycles. The van der Waals surface area contributed by atoms with E-state index in [9.17, 15) is 9.59 Å². The first-order chi connectivity index (χ1) is 8.27. The smallest absolute Gasteiger partial charge is 0.229 e. The van der Waals surface area contributed by atoms with Gasteiger partial charge in [-0.3, -0.25) is 14.5 Å². The fourth-order valence-corrected chi connectivity index (χ4v) is 2.37. The van der Waals surface area contributed by atoms with Crippen LogP contribution < -0.4 is 5.32 Å². The molecule has 0 atom stereocenters. The number of amides is 2. The third-order valence-corrected chi connectivity index (χ3v) is 3.39. The number of nitrogens with zero attached hydrogens (tertiary/aromatic N) is 3. The number of carbonyl (C=O) groups is 2. The Balaban J connectivity index is 1.69. The molecule has 0 aromatic rings. The van der Waals surface area contributed by atoms with Gasteiger partial charge in [-0.2, -0.15) is 0 Å². The number of imide groups is 1. The van der Waals surface area contributed by atoms with E-state index in [1.54, 1.807) is 0 Å². The van der Waals surface area contributed by atoms with Gasteiger partial charge in [-0.1, -0.05) is 0 Å². The van der Waals surface area contributed by atoms with Crippen molar-refractivity contribution in [3.05, 3.63) is 0 Å². The summed E-state index contributed by atoms with van der Waals surface area (Å²) in [5.74, 6) is 0.0183. The van der Waals surface area contributed by atoms with E-state index in [0.29, 0.717) is 19.4 Å². The van der Waals surface area contributed by atoms with Gasteiger partial charge in [0.05, 0.1) is 0 Å². The van der Waals surface area contributed by atoms with Gasteiger partial charge in [-0.05, 0) is 19.4 Å². The normalized spacial score (nSPS) is 23.2. The SMILES string of the molecule is O=C1CCCC(=O)N1CCCN1CC[N]CC1. The molecule has 0 aromatic heterocycles. The van der Waals surface area contributed by atoms with E-state index in [2.05, 4.69) is 10.2 Å². The van der Waals surface area contributed by atoms with Crippen LogP contribution in [0, 0.1) is 0 Å². The zero-order valence-electron chi connectivity index (χ0n) is 10.2. The summed E-state index contributed by atoms with van der Waals surface area (Å²) >= 11 is 0. The highest BCUT2D eigenvalue weighted by atomic mass is 16.2. The Morgan fingerprint density at radius 3 is 2.29 bits per heavy atom. The molecule has 0 spiro atoms. The monoisotopic (exact) mass is 238 g/mol. The summed E-state index contributed by atoms with van der Waals surface area (Å²) < 4.78 is 0. The van der Waals surface area contributed by atoms with Crippen LogP contribution in [0.25, 0.3) is 0 Å². The van der Waals surface area contributed by atoms with Crippen LogP contribution in [-0.4, -0.2) is 60.9 Å². The first kappa shape index (κ1) is 12.5. The van der Waals surface area contributed by atoms with Crippen LogP contribution in [0.3, 0.4) is 0 Å². The maximum Gasteiger partial charge on any atom is 0.229 e. The fraction of sp³-hybridized carbons (Fsp3) is 0.833. The van der Waals surface area contributed by atoms with Crippen molar-refractivity contribution in [1.82, 2.24) is 15.1 Å². The second-order valence-corrected chi connectivity index (χ2v) is 4.66. The number of likely N-dealkylation sites (tertiary alicyclic amines) is 1. The first-order valence-electron chi connectivity index (χ1n) is 6.46. The van der Waals surface area contributed by atoms with Crippen LogP contribution in [0.2, 0.25) is 0 Å². The Bertz CT molecular complexity index is 271. The standard InChI is InChI=1S/C12H20N3O2/c16-11-3-1-4-12(17)15(11)8-2-7-14-9-5-13-6-10-14/h1-10H2. The van der Waals surface area contributed by atoms with Gasteiger partial charge in [-0.15, -0.1) is 0 Å². The molecule has 5 nitrogen and oxygen atoms in total. The Kier molecular flexibility index (Phi) is 4.50. The van der Waals surface area contributed by atoms with Crippen LogP contribution in [0.15, 0.2) is 0 Å². The third kappa shape index (κ3) is 3.51. The highest BCUT2D eigenvalue weighted by Gasteiger charge is 2.25. The first-order valence-corrected chi connectivity index (χ1v) is 6.46. The van der Waals surface area contributed by atoms with E-state index >= 15 is 0 Å². The molecule has 17 heavy (non-hydrogen) atoms. The van der Waals surface area contributed by atoms with Gasteiger partial charge in [0.1, 0.15) is 0 Å². The number of hydrogen-bond acceptors (Lipinski definition) is 3. The molecular weight excluding hydrogens is 218 g/mol. The number of piperidine rings is 1. The molecular formula is C12H20N3O2. The number of piperazine rings is 1. The zero-order valence-corrected chi connectivity index (χ0v) is 10.2. The highest BCUT2D eigenvalue weighted by Crippen LogP contribution is 2.12. The molecule has 0 bridgehead atoms. The quantitative estimate of drug-likeness (QED) is 0.639. The molecule has 2 amide bonds. The van der Waals surface area contributed by atoms with Gasteiger partial charge >= 0.3 is 0 Å². The van der Waals surface area contributed by atoms with Crippen LogP contribution in [0.1, 0.15) is 25.7 Å². The molecule has 5 heteroatoms. The number of rotatable bonds is 4. The summed E-state index contributed by atoms with van der Waals surface area (Å²) in [5.41, 5.74) is 0. The molecule has 2 saturated heterocycles. The summed E-state index contributed by atoms with van der Waals surface area (Å²) in [6.07, 6.45) is 2.68. The van der Waals surface area contributed by atoms with Gasteiger partial charge in [0.15, 0.2) is 0 Å². The van der Waals surface area contributed by atoms with E-state index < -0.39 is 0 Å². The minimum Gasteiger partial charge on any atom is -0.301 e. The fourth-order valence-electron chi connectivity index (χ4n) is 2.37. The van der Waals surface area contributed by atoms with E-state index in [1.165, 1.54) is 4.90 Å². The second kappa shape index (κ2) is 6.12. The summed E-state index contributed by atoms with van der Waals surface area (Å²) in [7, 11) is 0. The predicted molar refractivity (Wildman–Crippen MR) is 63.5 cm³/mol. The summed E-state index contributed by atoms with van der Waals surface area (Å²) in [6, 6.07) is 0. The minimum absolute atomic E-state index is 0.00916. The molecule has 2 fully saturated rings. The molecule has 95 valence electrons. The van der Waals surface area contributed by atoms with Crippen molar-refractivity contribution in [3.63, 3.8) is 0 Å². The Hall–Kier alpha value is -0.940. The minimum atomic E-state index is 0.00916. The van der Waals surface area contributed by atoms with Crippen LogP contribution in [0.4, 0.5) is 0 Å². The maximum absolute atomic E-state index is 11.6. The summed E-state index contributed by atoms with van der Waals surface area (Å²) in [4.78, 5) is 26.9. The molecule has 2 aliphatic heterocycles. The Morgan fingerprint density at radius 1 is 1.00 bits per heavy atom. The van der Waals surface area contributed by atoms with Crippen LogP contribution >= 0.6 is 0 Å². The van der Waals surface area contributed by atoms with Crippen molar-refractivity contribution in [2.75, 3.05) is 39.3 Å². The lowest BCUT2D eigenvalue weighted by atomic mass is 10.1. The van der Waals surface area contributed by atoms with Crippen LogP contribution in [-0.2, 0) is 9.59 Å². The van der Waals surface area contributed by atoms with Crippen LogP contribution in [0.5, 0.6) is 0 Å². The molecule has 0 saturated carbocycles. The van der Waals surface area contributed by atoms with E-state index in [0.717, 1.165) is 45.6 Å². The number of carbonyl (C=O) groups excluding carboxylic acids is 2. The molecule has 2 rings (SSSR count). The maximum atomic E-state index is 11.6. The molecule has 0 N–H and O–H groups in total. The average Bonchev–Trinajstić information content (AvgIpc) is 2.34. The Morgan fingerprint density at radius 2 is 1.65 bits per heavy atom. The topological polar surface area (TPSA) is 54.7 Å². The van der Waals surface area contributed by atoms with Crippen molar-refractivity contribution in [3.8, 4) is 0 Å². The van der Waals surface area contributed by atoms with Crippen molar-refractivity contribution in [1.29, 1.82) is 0 Å². The highest BCUT2D eigenvalue weighted by molar-refractivity contribution is 5.97. The predicted octanol–water partition coefficient (Wildman–Crippen LogP) is -0.164. The lowest BCUT2D eigenvalue weighted by Gasteiger charge is -2.28. The summed E-state index contributed by atoms with van der Waals surface area (Å²) in [6.45, 7) is 5.42. The lowest BCUT2D eigenvalue weighted by molar-refractivity contribution is -0.148. The number of hydrogen-bond donors (Lipinski definition) is 0. The molecule has 0 unspecified atom stereocenters. The molecule has 2 aliphatic rings. The average molecular weight is 238 g/mol. The van der Waals surface area contributed by atoms with E-state index in [-0.39, 0.29) is 11.8 Å². The molecule has 1 radical (unpaired) electrons. The van der Waals surface area contributed by atoms with Gasteiger partial charge < -0.3 is 4.90 Å². The Labute approximate surface area is 102 Å². The zero-order chi connectivity index (χ0) is 12.1. The largest absolute Gasteiger partial charge is 0.301 e. The van der Waals surface area contributed by atoms with Crippen molar-refractivity contribution >= 4 is 11.8 Å². The van der Waals surface area contributed by atoms with Gasteiger partial charge in [0.2, 0.25) is 11.8 Å². The van der Waals surface area contributed by atoms with Crippen molar-refractivity contribution < 1.29 is 9.59 Å². The van der Waals surface area contributed by atoms with Crippen molar-refractivity contribution in [2.24, 2.45) is 0 Å². The second-order valence-electron chi connectivity index (χ2n) is 4.66. The molecule has 0 aliphatic carbocycles.